The topological polar surface area (TPSA) is 51.0 Å². The second kappa shape index (κ2) is 8.08. The van der Waals surface area contributed by atoms with Gasteiger partial charge in [-0.25, -0.2) is 4.79 Å². The zero-order valence-electron chi connectivity index (χ0n) is 11.9. The summed E-state index contributed by atoms with van der Waals surface area (Å²) >= 11 is 3.36. The minimum atomic E-state index is -0.415. The van der Waals surface area contributed by atoms with Crippen LogP contribution in [0.2, 0.25) is 0 Å². The van der Waals surface area contributed by atoms with Crippen molar-refractivity contribution in [2.45, 2.75) is 0 Å². The molecule has 0 heterocycles. The number of hydrogen-bond donors (Lipinski definition) is 0. The van der Waals surface area contributed by atoms with E-state index in [0.29, 0.717) is 5.69 Å². The van der Waals surface area contributed by atoms with Crippen LogP contribution in [0.4, 0.5) is 11.4 Å². The Morgan fingerprint density at radius 2 is 1.86 bits per heavy atom. The largest absolute Gasteiger partial charge is 0.466 e. The average molecular weight is 357 g/mol. The maximum absolute atomic E-state index is 11.1. The Labute approximate surface area is 137 Å². The molecule has 0 fully saturated rings. The molecular formula is C17H13BrN2O2. The van der Waals surface area contributed by atoms with Gasteiger partial charge in [0, 0.05) is 16.1 Å². The van der Waals surface area contributed by atoms with Gasteiger partial charge in [-0.3, -0.25) is 0 Å². The fourth-order valence-electron chi connectivity index (χ4n) is 1.61. The average Bonchev–Trinajstić information content (AvgIpc) is 2.55. The third-order valence-electron chi connectivity index (χ3n) is 2.71. The van der Waals surface area contributed by atoms with Gasteiger partial charge in [0.1, 0.15) is 6.01 Å². The minimum Gasteiger partial charge on any atom is -0.466 e. The van der Waals surface area contributed by atoms with Crippen molar-refractivity contribution >= 4 is 45.4 Å². The predicted octanol–water partition coefficient (Wildman–Crippen LogP) is 4.77. The lowest BCUT2D eigenvalue weighted by Gasteiger charge is -1.97. The molecule has 2 aromatic carbocycles. The van der Waals surface area contributed by atoms with Crippen LogP contribution < -0.4 is 0 Å². The summed E-state index contributed by atoms with van der Waals surface area (Å²) in [7, 11) is 1.33. The van der Waals surface area contributed by atoms with E-state index in [1.807, 2.05) is 48.5 Å². The molecule has 0 atom stereocenters. The SMILES string of the molecule is COC(=O)C=Cc1ccccc1N=C=Nc1ccc(Br)cc1. The summed E-state index contributed by atoms with van der Waals surface area (Å²) in [5.74, 6) is -0.415. The quantitative estimate of drug-likeness (QED) is 0.450. The number of nitrogens with zero attached hydrogens (tertiary/aromatic N) is 2. The molecule has 0 aromatic heterocycles. The number of esters is 1. The van der Waals surface area contributed by atoms with Gasteiger partial charge in [-0.15, -0.1) is 0 Å². The smallest absolute Gasteiger partial charge is 0.330 e. The number of benzene rings is 2. The summed E-state index contributed by atoms with van der Waals surface area (Å²) < 4.78 is 5.55. The number of aliphatic imine (C=N–C) groups is 2. The molecule has 0 saturated carbocycles. The molecular weight excluding hydrogens is 344 g/mol. The van der Waals surface area contributed by atoms with Crippen molar-refractivity contribution in [2.75, 3.05) is 7.11 Å². The summed E-state index contributed by atoms with van der Waals surface area (Å²) in [6, 6.07) is 17.6. The Kier molecular flexibility index (Phi) is 5.83. The molecule has 0 N–H and O–H groups in total. The van der Waals surface area contributed by atoms with E-state index in [9.17, 15) is 4.79 Å². The number of hydrogen-bond acceptors (Lipinski definition) is 4. The highest BCUT2D eigenvalue weighted by Gasteiger charge is 1.97. The predicted molar refractivity (Wildman–Crippen MR) is 90.8 cm³/mol. The highest BCUT2D eigenvalue weighted by molar-refractivity contribution is 9.10. The van der Waals surface area contributed by atoms with E-state index in [1.165, 1.54) is 13.2 Å². The Bertz CT molecular complexity index is 746. The highest BCUT2D eigenvalue weighted by Crippen LogP contribution is 2.20. The van der Waals surface area contributed by atoms with E-state index < -0.39 is 5.97 Å². The van der Waals surface area contributed by atoms with E-state index in [4.69, 9.17) is 0 Å². The number of carbonyl (C=O) groups is 1. The van der Waals surface area contributed by atoms with Crippen molar-refractivity contribution in [3.05, 3.63) is 64.6 Å². The van der Waals surface area contributed by atoms with Crippen LogP contribution in [-0.4, -0.2) is 19.1 Å². The molecule has 5 heteroatoms. The van der Waals surface area contributed by atoms with Gasteiger partial charge in [-0.1, -0.05) is 34.1 Å². The molecule has 0 amide bonds. The van der Waals surface area contributed by atoms with E-state index in [2.05, 4.69) is 36.7 Å². The van der Waals surface area contributed by atoms with Crippen LogP contribution >= 0.6 is 15.9 Å². The first-order valence-electron chi connectivity index (χ1n) is 6.46. The summed E-state index contributed by atoms with van der Waals surface area (Å²) in [4.78, 5) is 19.5. The number of halogens is 1. The van der Waals surface area contributed by atoms with E-state index >= 15 is 0 Å². The molecule has 0 aliphatic carbocycles. The van der Waals surface area contributed by atoms with Crippen LogP contribution in [0.1, 0.15) is 5.56 Å². The fraction of sp³-hybridized carbons (Fsp3) is 0.0588. The van der Waals surface area contributed by atoms with Gasteiger partial charge >= 0.3 is 5.97 Å². The van der Waals surface area contributed by atoms with Crippen molar-refractivity contribution in [1.29, 1.82) is 0 Å². The molecule has 0 spiro atoms. The number of para-hydroxylation sites is 1. The zero-order valence-corrected chi connectivity index (χ0v) is 13.4. The summed E-state index contributed by atoms with van der Waals surface area (Å²) in [6.07, 6.45) is 2.99. The van der Waals surface area contributed by atoms with Gasteiger partial charge in [0.05, 0.1) is 18.5 Å². The molecule has 0 unspecified atom stereocenters. The zero-order chi connectivity index (χ0) is 15.8. The van der Waals surface area contributed by atoms with Crippen molar-refractivity contribution in [3.8, 4) is 0 Å². The third kappa shape index (κ3) is 4.81. The first kappa shape index (κ1) is 15.9. The normalized spacial score (nSPS) is 10.1. The van der Waals surface area contributed by atoms with Crippen LogP contribution in [0.3, 0.4) is 0 Å². The first-order valence-corrected chi connectivity index (χ1v) is 7.25. The van der Waals surface area contributed by atoms with Gasteiger partial charge in [0.25, 0.3) is 0 Å². The van der Waals surface area contributed by atoms with Gasteiger partial charge in [-0.2, -0.15) is 9.98 Å². The lowest BCUT2D eigenvalue weighted by Crippen LogP contribution is -1.93. The maximum atomic E-state index is 11.1. The van der Waals surface area contributed by atoms with Crippen molar-refractivity contribution in [1.82, 2.24) is 0 Å². The lowest BCUT2D eigenvalue weighted by atomic mass is 10.1. The Balaban J connectivity index is 2.22. The van der Waals surface area contributed by atoms with Gasteiger partial charge in [0.2, 0.25) is 0 Å². The summed E-state index contributed by atoms with van der Waals surface area (Å²) in [6.45, 7) is 0. The Hall–Kier alpha value is -2.49. The Morgan fingerprint density at radius 1 is 1.14 bits per heavy atom. The molecule has 2 aromatic rings. The Morgan fingerprint density at radius 3 is 2.59 bits per heavy atom. The summed E-state index contributed by atoms with van der Waals surface area (Å²) in [5.41, 5.74) is 2.21. The van der Waals surface area contributed by atoms with E-state index in [1.54, 1.807) is 6.08 Å². The lowest BCUT2D eigenvalue weighted by molar-refractivity contribution is -0.134. The minimum absolute atomic E-state index is 0.415. The third-order valence-corrected chi connectivity index (χ3v) is 3.24. The van der Waals surface area contributed by atoms with Crippen LogP contribution in [0, 0.1) is 0 Å². The number of methoxy groups -OCH3 is 1. The van der Waals surface area contributed by atoms with Crippen LogP contribution in [0.25, 0.3) is 6.08 Å². The van der Waals surface area contributed by atoms with Crippen molar-refractivity contribution < 1.29 is 9.53 Å². The standard InChI is InChI=1S/C17H13BrN2O2/c1-22-17(21)11-6-13-4-2-3-5-16(13)20-12-19-15-9-7-14(18)8-10-15/h2-11H,1H3. The molecule has 0 radical (unpaired) electrons. The number of carbonyl (C=O) groups excluding carboxylic acids is 1. The van der Waals surface area contributed by atoms with Crippen LogP contribution in [0.5, 0.6) is 0 Å². The van der Waals surface area contributed by atoms with E-state index in [-0.39, 0.29) is 0 Å². The first-order chi connectivity index (χ1) is 10.7. The molecule has 110 valence electrons. The van der Waals surface area contributed by atoms with Crippen molar-refractivity contribution in [2.24, 2.45) is 9.98 Å². The molecule has 0 aliphatic rings. The maximum Gasteiger partial charge on any atom is 0.330 e. The molecule has 22 heavy (non-hydrogen) atoms. The van der Waals surface area contributed by atoms with Gasteiger partial charge in [0.15, 0.2) is 0 Å². The molecule has 0 saturated heterocycles. The van der Waals surface area contributed by atoms with Gasteiger partial charge < -0.3 is 4.74 Å². The molecule has 2 rings (SSSR count). The molecule has 0 aliphatic heterocycles. The molecule has 4 nitrogen and oxygen atoms in total. The van der Waals surface area contributed by atoms with Crippen LogP contribution in [0.15, 0.2) is 69.1 Å². The second-order valence-corrected chi connectivity index (χ2v) is 5.13. The van der Waals surface area contributed by atoms with Crippen molar-refractivity contribution in [3.63, 3.8) is 0 Å². The second-order valence-electron chi connectivity index (χ2n) is 4.22. The highest BCUT2D eigenvalue weighted by atomic mass is 79.9. The number of rotatable bonds is 4. The number of ether oxygens (including phenoxy) is 1. The monoisotopic (exact) mass is 356 g/mol. The molecule has 0 bridgehead atoms. The fourth-order valence-corrected chi connectivity index (χ4v) is 1.87. The summed E-state index contributed by atoms with van der Waals surface area (Å²) in [5, 5.41) is 0. The van der Waals surface area contributed by atoms with E-state index in [0.717, 1.165) is 15.7 Å². The van der Waals surface area contributed by atoms with Gasteiger partial charge in [-0.05, 0) is 36.4 Å². The van der Waals surface area contributed by atoms with Crippen LogP contribution in [-0.2, 0) is 9.53 Å².